The number of carbonyl (C=O) groups is 1. The van der Waals surface area contributed by atoms with Crippen LogP contribution < -0.4 is 0 Å². The molecule has 5 nitrogen and oxygen atoms in total. The van der Waals surface area contributed by atoms with Crippen LogP contribution in [0.3, 0.4) is 0 Å². The van der Waals surface area contributed by atoms with Gasteiger partial charge in [0.1, 0.15) is 0 Å². The van der Waals surface area contributed by atoms with Crippen molar-refractivity contribution < 1.29 is 17.9 Å². The van der Waals surface area contributed by atoms with Crippen LogP contribution in [0.5, 0.6) is 0 Å². The molecular weight excluding hydrogens is 310 g/mol. The van der Waals surface area contributed by atoms with Gasteiger partial charge in [-0.3, -0.25) is 4.79 Å². The van der Waals surface area contributed by atoms with Crippen LogP contribution in [0.1, 0.15) is 36.8 Å². The Morgan fingerprint density at radius 2 is 2.29 bits per heavy atom. The lowest BCUT2D eigenvalue weighted by atomic mass is 10.0. The number of sulfonamides is 1. The number of hydrogen-bond donors (Lipinski definition) is 0. The fraction of sp³-hybridized carbons (Fsp3) is 0.643. The average Bonchev–Trinajstić information content (AvgIpc) is 2.92. The Balaban J connectivity index is 2.22. The Labute approximate surface area is 130 Å². The molecule has 0 radical (unpaired) electrons. The third-order valence-electron chi connectivity index (χ3n) is 3.85. The molecule has 0 bridgehead atoms. The fourth-order valence-electron chi connectivity index (χ4n) is 2.81. The second-order valence-electron chi connectivity index (χ2n) is 5.29. The molecule has 1 aliphatic heterocycles. The number of nitrogens with zero attached hydrogens (tertiary/aromatic N) is 1. The largest absolute Gasteiger partial charge is 0.469 e. The number of hydrogen-bond acceptors (Lipinski definition) is 5. The van der Waals surface area contributed by atoms with Crippen molar-refractivity contribution in [2.75, 3.05) is 19.4 Å². The summed E-state index contributed by atoms with van der Waals surface area (Å²) in [5.74, 6) is -1.34. The van der Waals surface area contributed by atoms with E-state index >= 15 is 0 Å². The lowest BCUT2D eigenvalue weighted by molar-refractivity contribution is -0.144. The zero-order valence-electron chi connectivity index (χ0n) is 12.5. The second-order valence-corrected chi connectivity index (χ2v) is 8.25. The molecule has 1 aromatic rings. The zero-order chi connectivity index (χ0) is 15.6. The maximum absolute atomic E-state index is 12.6. The second kappa shape index (κ2) is 6.46. The number of fused-ring (bicyclic) bond motifs is 1. The van der Waals surface area contributed by atoms with Gasteiger partial charge in [0.05, 0.1) is 24.8 Å². The highest BCUT2D eigenvalue weighted by Gasteiger charge is 2.36. The number of esters is 1. The first-order chi connectivity index (χ1) is 9.90. The van der Waals surface area contributed by atoms with Crippen molar-refractivity contribution in [3.8, 4) is 0 Å². The van der Waals surface area contributed by atoms with Crippen LogP contribution in [0.25, 0.3) is 0 Å². The summed E-state index contributed by atoms with van der Waals surface area (Å²) in [5, 5.41) is 2.01. The van der Waals surface area contributed by atoms with Crippen molar-refractivity contribution in [3.05, 3.63) is 21.9 Å². The molecule has 7 heteroatoms. The third-order valence-corrected chi connectivity index (χ3v) is 6.92. The van der Waals surface area contributed by atoms with Crippen LogP contribution in [-0.4, -0.2) is 38.1 Å². The smallest absolute Gasteiger partial charge is 0.309 e. The van der Waals surface area contributed by atoms with E-state index in [1.807, 2.05) is 18.4 Å². The molecule has 2 atom stereocenters. The molecule has 118 valence electrons. The first-order valence-electron chi connectivity index (χ1n) is 7.04. The molecule has 0 aliphatic carbocycles. The first-order valence-corrected chi connectivity index (χ1v) is 9.53. The number of carbonyl (C=O) groups excluding carboxylic acids is 1. The lowest BCUT2D eigenvalue weighted by Gasteiger charge is -2.34. The Hall–Kier alpha value is -0.920. The standard InChI is InChI=1S/C14H21NO4S2/c1-4-12-11-6-8-20-13(11)5-7-15(12)21(17,18)9-10(2)14(16)19-3/h6,8,10,12H,4-5,7,9H2,1-3H3/t10-,12-/m0/s1. The summed E-state index contributed by atoms with van der Waals surface area (Å²) in [4.78, 5) is 12.7. The molecule has 0 N–H and O–H groups in total. The van der Waals surface area contributed by atoms with Crippen LogP contribution in [0.2, 0.25) is 0 Å². The summed E-state index contributed by atoms with van der Waals surface area (Å²) in [7, 11) is -2.21. The van der Waals surface area contributed by atoms with Gasteiger partial charge in [-0.1, -0.05) is 13.8 Å². The van der Waals surface area contributed by atoms with Gasteiger partial charge in [-0.05, 0) is 29.9 Å². The summed E-state index contributed by atoms with van der Waals surface area (Å²) >= 11 is 1.68. The normalized spacial score (nSPS) is 20.8. The van der Waals surface area contributed by atoms with Crippen LogP contribution in [0.4, 0.5) is 0 Å². The molecule has 0 unspecified atom stereocenters. The Morgan fingerprint density at radius 3 is 2.90 bits per heavy atom. The highest BCUT2D eigenvalue weighted by atomic mass is 32.2. The molecule has 0 saturated heterocycles. The van der Waals surface area contributed by atoms with E-state index in [0.717, 1.165) is 18.4 Å². The summed E-state index contributed by atoms with van der Waals surface area (Å²) in [6.45, 7) is 4.07. The van der Waals surface area contributed by atoms with E-state index in [0.29, 0.717) is 6.54 Å². The molecule has 0 spiro atoms. The number of rotatable bonds is 5. The summed E-state index contributed by atoms with van der Waals surface area (Å²) in [5.41, 5.74) is 1.11. The summed E-state index contributed by atoms with van der Waals surface area (Å²) < 4.78 is 31.5. The van der Waals surface area contributed by atoms with Gasteiger partial charge in [0.2, 0.25) is 10.0 Å². The van der Waals surface area contributed by atoms with Gasteiger partial charge < -0.3 is 4.74 Å². The molecule has 0 saturated carbocycles. The maximum Gasteiger partial charge on any atom is 0.309 e. The van der Waals surface area contributed by atoms with Crippen LogP contribution in [0.15, 0.2) is 11.4 Å². The minimum absolute atomic E-state index is 0.116. The number of methoxy groups -OCH3 is 1. The molecule has 1 aliphatic rings. The Morgan fingerprint density at radius 1 is 1.57 bits per heavy atom. The van der Waals surface area contributed by atoms with Crippen LogP contribution in [-0.2, 0) is 26.0 Å². The van der Waals surface area contributed by atoms with E-state index in [-0.39, 0.29) is 11.8 Å². The van der Waals surface area contributed by atoms with Crippen molar-refractivity contribution in [1.82, 2.24) is 4.31 Å². The molecular formula is C14H21NO4S2. The van der Waals surface area contributed by atoms with Gasteiger partial charge in [0, 0.05) is 11.4 Å². The van der Waals surface area contributed by atoms with Gasteiger partial charge in [-0.2, -0.15) is 4.31 Å². The maximum atomic E-state index is 12.6. The van der Waals surface area contributed by atoms with E-state index in [1.165, 1.54) is 12.0 Å². The van der Waals surface area contributed by atoms with E-state index in [2.05, 4.69) is 4.74 Å². The monoisotopic (exact) mass is 331 g/mol. The minimum atomic E-state index is -3.48. The minimum Gasteiger partial charge on any atom is -0.469 e. The highest BCUT2D eigenvalue weighted by Crippen LogP contribution is 2.37. The average molecular weight is 331 g/mol. The van der Waals surface area contributed by atoms with Gasteiger partial charge >= 0.3 is 5.97 Å². The Kier molecular flexibility index (Phi) is 5.06. The van der Waals surface area contributed by atoms with E-state index in [9.17, 15) is 13.2 Å². The highest BCUT2D eigenvalue weighted by molar-refractivity contribution is 7.89. The fourth-order valence-corrected chi connectivity index (χ4v) is 5.72. The van der Waals surface area contributed by atoms with Gasteiger partial charge in [0.25, 0.3) is 0 Å². The van der Waals surface area contributed by atoms with Gasteiger partial charge in [-0.15, -0.1) is 11.3 Å². The molecule has 2 rings (SSSR count). The molecule has 21 heavy (non-hydrogen) atoms. The molecule has 2 heterocycles. The summed E-state index contributed by atoms with van der Waals surface area (Å²) in [6, 6.07) is 1.90. The first kappa shape index (κ1) is 16.5. The SMILES string of the molecule is CC[C@H]1c2ccsc2CCN1S(=O)(=O)C[C@H](C)C(=O)OC. The van der Waals surface area contributed by atoms with Crippen molar-refractivity contribution in [3.63, 3.8) is 0 Å². The summed E-state index contributed by atoms with van der Waals surface area (Å²) in [6.07, 6.45) is 1.48. The Bertz CT molecular complexity index is 608. The zero-order valence-corrected chi connectivity index (χ0v) is 14.2. The third kappa shape index (κ3) is 3.30. The molecule has 0 fully saturated rings. The van der Waals surface area contributed by atoms with E-state index in [4.69, 9.17) is 0 Å². The molecule has 1 aromatic heterocycles. The lowest BCUT2D eigenvalue weighted by Crippen LogP contribution is -2.42. The van der Waals surface area contributed by atoms with E-state index < -0.39 is 21.9 Å². The van der Waals surface area contributed by atoms with Crippen molar-refractivity contribution >= 4 is 27.3 Å². The quantitative estimate of drug-likeness (QED) is 0.776. The van der Waals surface area contributed by atoms with Crippen molar-refractivity contribution in [1.29, 1.82) is 0 Å². The molecule has 0 amide bonds. The van der Waals surface area contributed by atoms with Gasteiger partial charge in [0.15, 0.2) is 0 Å². The topological polar surface area (TPSA) is 63.7 Å². The predicted octanol–water partition coefficient (Wildman–Crippen LogP) is 2.20. The van der Waals surface area contributed by atoms with Gasteiger partial charge in [-0.25, -0.2) is 8.42 Å². The molecule has 0 aromatic carbocycles. The number of ether oxygens (including phenoxy) is 1. The van der Waals surface area contributed by atoms with Crippen LogP contribution in [0, 0.1) is 5.92 Å². The van der Waals surface area contributed by atoms with Crippen molar-refractivity contribution in [2.24, 2.45) is 5.92 Å². The predicted molar refractivity (Wildman–Crippen MR) is 82.7 cm³/mol. The van der Waals surface area contributed by atoms with Crippen LogP contribution >= 0.6 is 11.3 Å². The number of thiophene rings is 1. The van der Waals surface area contributed by atoms with E-state index in [1.54, 1.807) is 22.6 Å². The van der Waals surface area contributed by atoms with Crippen molar-refractivity contribution in [2.45, 2.75) is 32.7 Å².